The SMILES string of the molecule is O=C(NNC(=O)c1ccccc1O)c1ccc2c(c1)Cc1cc(C(=O)NNC(=O)c3ccccc3O)ccc1-2. The second kappa shape index (κ2) is 10.4. The minimum absolute atomic E-state index is 0.0276. The molecule has 0 aromatic heterocycles. The second-order valence-corrected chi connectivity index (χ2v) is 8.77. The van der Waals surface area contributed by atoms with E-state index in [1.54, 1.807) is 60.7 Å². The summed E-state index contributed by atoms with van der Waals surface area (Å²) in [5, 5.41) is 19.6. The summed E-state index contributed by atoms with van der Waals surface area (Å²) in [5.41, 5.74) is 13.5. The summed E-state index contributed by atoms with van der Waals surface area (Å²) in [5.74, 6) is -2.78. The van der Waals surface area contributed by atoms with Crippen molar-refractivity contribution < 1.29 is 29.4 Å². The number of aromatic hydroxyl groups is 2. The number of hydrogen-bond acceptors (Lipinski definition) is 6. The molecule has 5 rings (SSSR count). The van der Waals surface area contributed by atoms with Crippen LogP contribution in [-0.4, -0.2) is 33.8 Å². The zero-order valence-electron chi connectivity index (χ0n) is 20.3. The highest BCUT2D eigenvalue weighted by atomic mass is 16.3. The van der Waals surface area contributed by atoms with Crippen molar-refractivity contribution in [3.63, 3.8) is 0 Å². The molecule has 0 atom stereocenters. The van der Waals surface area contributed by atoms with Crippen LogP contribution in [0.4, 0.5) is 0 Å². The van der Waals surface area contributed by atoms with E-state index in [0.29, 0.717) is 17.5 Å². The third kappa shape index (κ3) is 5.12. The first-order chi connectivity index (χ1) is 18.8. The number of fused-ring (bicyclic) bond motifs is 3. The molecule has 1 aliphatic rings. The second-order valence-electron chi connectivity index (χ2n) is 8.77. The molecule has 1 aliphatic carbocycles. The van der Waals surface area contributed by atoms with Crippen molar-refractivity contribution in [1.82, 2.24) is 21.7 Å². The Morgan fingerprint density at radius 2 is 0.897 bits per heavy atom. The number of benzene rings is 4. The molecular weight excluding hydrogens is 500 g/mol. The van der Waals surface area contributed by atoms with Gasteiger partial charge in [0.2, 0.25) is 0 Å². The first kappa shape index (κ1) is 25.0. The van der Waals surface area contributed by atoms with E-state index in [9.17, 15) is 29.4 Å². The van der Waals surface area contributed by atoms with Crippen molar-refractivity contribution in [3.05, 3.63) is 118 Å². The number of hydrogen-bond donors (Lipinski definition) is 6. The molecule has 4 aromatic carbocycles. The number of para-hydroxylation sites is 2. The van der Waals surface area contributed by atoms with Gasteiger partial charge in [0, 0.05) is 11.1 Å². The normalized spacial score (nSPS) is 11.1. The molecule has 0 spiro atoms. The van der Waals surface area contributed by atoms with Crippen LogP contribution in [0.1, 0.15) is 52.6 Å². The molecule has 0 bridgehead atoms. The third-order valence-corrected chi connectivity index (χ3v) is 6.28. The van der Waals surface area contributed by atoms with Crippen molar-refractivity contribution in [2.24, 2.45) is 0 Å². The lowest BCUT2D eigenvalue weighted by Gasteiger charge is -2.10. The highest BCUT2D eigenvalue weighted by Crippen LogP contribution is 2.37. The van der Waals surface area contributed by atoms with Crippen molar-refractivity contribution in [2.45, 2.75) is 6.42 Å². The smallest absolute Gasteiger partial charge is 0.273 e. The Labute approximate surface area is 222 Å². The Hall–Kier alpha value is -5.64. The van der Waals surface area contributed by atoms with Gasteiger partial charge in [-0.1, -0.05) is 36.4 Å². The average molecular weight is 523 g/mol. The van der Waals surface area contributed by atoms with Gasteiger partial charge in [-0.25, -0.2) is 0 Å². The third-order valence-electron chi connectivity index (χ3n) is 6.28. The van der Waals surface area contributed by atoms with Crippen LogP contribution < -0.4 is 21.7 Å². The van der Waals surface area contributed by atoms with Gasteiger partial charge in [-0.05, 0) is 77.2 Å². The summed E-state index contributed by atoms with van der Waals surface area (Å²) in [6, 6.07) is 22.2. The molecule has 4 aromatic rings. The van der Waals surface area contributed by atoms with Crippen molar-refractivity contribution in [1.29, 1.82) is 0 Å². The highest BCUT2D eigenvalue weighted by molar-refractivity contribution is 6.02. The van der Waals surface area contributed by atoms with Gasteiger partial charge in [-0.3, -0.25) is 40.9 Å². The van der Waals surface area contributed by atoms with E-state index in [-0.39, 0.29) is 22.6 Å². The van der Waals surface area contributed by atoms with Crippen LogP contribution in [0.2, 0.25) is 0 Å². The maximum Gasteiger partial charge on any atom is 0.273 e. The van der Waals surface area contributed by atoms with Gasteiger partial charge in [-0.15, -0.1) is 0 Å². The summed E-state index contributed by atoms with van der Waals surface area (Å²) in [6.07, 6.45) is 0.474. The van der Waals surface area contributed by atoms with Crippen LogP contribution in [0.3, 0.4) is 0 Å². The topological polar surface area (TPSA) is 157 Å². The van der Waals surface area contributed by atoms with E-state index in [2.05, 4.69) is 21.7 Å². The fraction of sp³-hybridized carbons (Fsp3) is 0.0345. The van der Waals surface area contributed by atoms with Gasteiger partial charge in [-0.2, -0.15) is 0 Å². The molecule has 10 nitrogen and oxygen atoms in total. The van der Waals surface area contributed by atoms with Gasteiger partial charge >= 0.3 is 0 Å². The van der Waals surface area contributed by atoms with E-state index in [1.165, 1.54) is 24.3 Å². The van der Waals surface area contributed by atoms with Crippen molar-refractivity contribution in [2.75, 3.05) is 0 Å². The summed E-state index contributed by atoms with van der Waals surface area (Å²) in [6.45, 7) is 0. The maximum absolute atomic E-state index is 12.6. The molecule has 4 amide bonds. The zero-order chi connectivity index (χ0) is 27.5. The lowest BCUT2D eigenvalue weighted by atomic mass is 10.0. The Balaban J connectivity index is 1.22. The Morgan fingerprint density at radius 1 is 0.513 bits per heavy atom. The number of hydrazine groups is 2. The fourth-order valence-electron chi connectivity index (χ4n) is 4.33. The van der Waals surface area contributed by atoms with Crippen molar-refractivity contribution >= 4 is 23.6 Å². The van der Waals surface area contributed by atoms with E-state index in [4.69, 9.17) is 0 Å². The average Bonchev–Trinajstić information content (AvgIpc) is 3.31. The molecule has 0 heterocycles. The monoisotopic (exact) mass is 522 g/mol. The molecule has 0 fully saturated rings. The summed E-state index contributed by atoms with van der Waals surface area (Å²) in [4.78, 5) is 49.8. The lowest BCUT2D eigenvalue weighted by Crippen LogP contribution is -2.41. The number of phenols is 2. The number of amides is 4. The molecule has 10 heteroatoms. The molecule has 0 unspecified atom stereocenters. The predicted molar refractivity (Wildman–Crippen MR) is 141 cm³/mol. The summed E-state index contributed by atoms with van der Waals surface area (Å²) < 4.78 is 0. The zero-order valence-corrected chi connectivity index (χ0v) is 20.3. The van der Waals surface area contributed by atoms with E-state index >= 15 is 0 Å². The summed E-state index contributed by atoms with van der Waals surface area (Å²) >= 11 is 0. The highest BCUT2D eigenvalue weighted by Gasteiger charge is 2.22. The molecule has 6 N–H and O–H groups in total. The Morgan fingerprint density at radius 3 is 1.31 bits per heavy atom. The van der Waals surface area contributed by atoms with Crippen LogP contribution in [0.25, 0.3) is 11.1 Å². The number of nitrogens with one attached hydrogen (secondary N) is 4. The quantitative estimate of drug-likeness (QED) is 0.199. The molecule has 0 radical (unpaired) electrons. The number of rotatable bonds is 4. The Bertz CT molecular complexity index is 1530. The van der Waals surface area contributed by atoms with Crippen LogP contribution in [0.5, 0.6) is 11.5 Å². The number of phenolic OH excluding ortho intramolecular Hbond substituents is 2. The van der Waals surface area contributed by atoms with Crippen LogP contribution in [0.15, 0.2) is 84.9 Å². The molecule has 39 heavy (non-hydrogen) atoms. The van der Waals surface area contributed by atoms with Gasteiger partial charge in [0.25, 0.3) is 23.6 Å². The molecule has 0 aliphatic heterocycles. The minimum atomic E-state index is -0.655. The Kier molecular flexibility index (Phi) is 6.66. The van der Waals surface area contributed by atoms with Crippen LogP contribution in [-0.2, 0) is 6.42 Å². The van der Waals surface area contributed by atoms with E-state index in [1.807, 2.05) is 0 Å². The van der Waals surface area contributed by atoms with Crippen LogP contribution >= 0.6 is 0 Å². The standard InChI is InChI=1S/C29H22N4O6/c34-24-7-3-1-5-22(24)28(38)32-30-26(36)16-9-11-20-18(13-16)15-19-14-17(10-12-21(19)20)27(37)31-33-29(39)23-6-2-4-8-25(23)35/h1-14,34-35H,15H2,(H,30,36)(H,31,37)(H,32,38)(H,33,39). The van der Waals surface area contributed by atoms with E-state index < -0.39 is 23.6 Å². The van der Waals surface area contributed by atoms with E-state index in [0.717, 1.165) is 22.3 Å². The fourth-order valence-corrected chi connectivity index (χ4v) is 4.33. The lowest BCUT2D eigenvalue weighted by molar-refractivity contribution is 0.0845. The predicted octanol–water partition coefficient (Wildman–Crippen LogP) is 2.82. The molecule has 194 valence electrons. The van der Waals surface area contributed by atoms with Gasteiger partial charge in [0.15, 0.2) is 0 Å². The van der Waals surface area contributed by atoms with Crippen molar-refractivity contribution in [3.8, 4) is 22.6 Å². The minimum Gasteiger partial charge on any atom is -0.507 e. The molecular formula is C29H22N4O6. The van der Waals surface area contributed by atoms with Gasteiger partial charge in [0.05, 0.1) is 11.1 Å². The molecule has 0 saturated carbocycles. The molecule has 0 saturated heterocycles. The number of carbonyl (C=O) groups is 4. The van der Waals surface area contributed by atoms with Gasteiger partial charge in [0.1, 0.15) is 11.5 Å². The first-order valence-corrected chi connectivity index (χ1v) is 11.9. The largest absolute Gasteiger partial charge is 0.507 e. The first-order valence-electron chi connectivity index (χ1n) is 11.9. The maximum atomic E-state index is 12.6. The van der Waals surface area contributed by atoms with Gasteiger partial charge < -0.3 is 10.2 Å². The summed E-state index contributed by atoms with van der Waals surface area (Å²) in [7, 11) is 0. The van der Waals surface area contributed by atoms with Crippen LogP contribution in [0, 0.1) is 0 Å². The number of carbonyl (C=O) groups excluding carboxylic acids is 4.